The third-order valence-electron chi connectivity index (χ3n) is 2.30. The fourth-order valence-electron chi connectivity index (χ4n) is 1.48. The van der Waals surface area contributed by atoms with Gasteiger partial charge in [0.2, 0.25) is 0 Å². The molecular formula is C11H11BrF3NO2. The summed E-state index contributed by atoms with van der Waals surface area (Å²) in [6.45, 7) is 0.714. The first-order valence-electron chi connectivity index (χ1n) is 5.09. The van der Waals surface area contributed by atoms with Crippen molar-refractivity contribution in [2.24, 2.45) is 0 Å². The van der Waals surface area contributed by atoms with Gasteiger partial charge in [-0.05, 0) is 41.1 Å². The molecule has 1 aromatic carbocycles. The molecule has 0 unspecified atom stereocenters. The van der Waals surface area contributed by atoms with E-state index in [1.165, 1.54) is 18.2 Å². The second kappa shape index (κ2) is 5.60. The number of hydrogen-bond donors (Lipinski definition) is 1. The molecule has 0 atom stereocenters. The first kappa shape index (κ1) is 14.8. The third kappa shape index (κ3) is 3.90. The Balaban J connectivity index is 3.01. The van der Waals surface area contributed by atoms with Gasteiger partial charge in [0, 0.05) is 16.7 Å². The molecule has 0 aliphatic carbocycles. The molecule has 0 fully saturated rings. The highest BCUT2D eigenvalue weighted by Crippen LogP contribution is 2.27. The second-order valence-corrected chi connectivity index (χ2v) is 4.45. The predicted molar refractivity (Wildman–Crippen MR) is 65.0 cm³/mol. The fraction of sp³-hybridized carbons (Fsp3) is 0.364. The maximum absolute atomic E-state index is 12.3. The number of aromatic carboxylic acids is 1. The summed E-state index contributed by atoms with van der Waals surface area (Å²) in [6, 6.07) is 4.02. The number of nitrogens with zero attached hydrogens (tertiary/aromatic N) is 1. The summed E-state index contributed by atoms with van der Waals surface area (Å²) >= 11 is 3.04. The van der Waals surface area contributed by atoms with Crippen molar-refractivity contribution in [1.29, 1.82) is 0 Å². The number of carbonyl (C=O) groups is 1. The van der Waals surface area contributed by atoms with E-state index in [0.29, 0.717) is 5.69 Å². The van der Waals surface area contributed by atoms with Crippen LogP contribution in [0.2, 0.25) is 0 Å². The Bertz CT molecular complexity index is 448. The number of carboxylic acids is 1. The summed E-state index contributed by atoms with van der Waals surface area (Å²) in [4.78, 5) is 11.9. The van der Waals surface area contributed by atoms with Gasteiger partial charge in [0.15, 0.2) is 0 Å². The van der Waals surface area contributed by atoms with Crippen molar-refractivity contribution < 1.29 is 23.1 Å². The molecule has 3 nitrogen and oxygen atoms in total. The fourth-order valence-corrected chi connectivity index (χ4v) is 2.01. The minimum absolute atomic E-state index is 0.0156. The van der Waals surface area contributed by atoms with Crippen LogP contribution in [-0.4, -0.2) is 30.3 Å². The van der Waals surface area contributed by atoms with E-state index in [2.05, 4.69) is 15.9 Å². The zero-order chi connectivity index (χ0) is 13.9. The topological polar surface area (TPSA) is 40.5 Å². The average Bonchev–Trinajstić information content (AvgIpc) is 2.24. The molecule has 0 amide bonds. The Hall–Kier alpha value is -1.24. The molecule has 1 N–H and O–H groups in total. The van der Waals surface area contributed by atoms with Crippen LogP contribution >= 0.6 is 15.9 Å². The number of alkyl halides is 3. The Morgan fingerprint density at radius 2 is 2.06 bits per heavy atom. The summed E-state index contributed by atoms with van der Waals surface area (Å²) in [5.74, 6) is -1.13. The minimum Gasteiger partial charge on any atom is -0.478 e. The highest BCUT2D eigenvalue weighted by atomic mass is 79.9. The lowest BCUT2D eigenvalue weighted by Gasteiger charge is -2.24. The van der Waals surface area contributed by atoms with Crippen molar-refractivity contribution >= 4 is 27.6 Å². The molecule has 0 saturated carbocycles. The van der Waals surface area contributed by atoms with E-state index in [1.807, 2.05) is 0 Å². The van der Waals surface area contributed by atoms with Crippen LogP contribution in [-0.2, 0) is 0 Å². The molecule has 0 aliphatic rings. The maximum atomic E-state index is 12.3. The van der Waals surface area contributed by atoms with E-state index in [4.69, 9.17) is 5.11 Å². The highest BCUT2D eigenvalue weighted by molar-refractivity contribution is 9.10. The van der Waals surface area contributed by atoms with Gasteiger partial charge in [-0.15, -0.1) is 0 Å². The van der Waals surface area contributed by atoms with E-state index in [9.17, 15) is 18.0 Å². The lowest BCUT2D eigenvalue weighted by atomic mass is 10.2. The van der Waals surface area contributed by atoms with Gasteiger partial charge in [-0.1, -0.05) is 0 Å². The minimum atomic E-state index is -4.30. The van der Waals surface area contributed by atoms with Gasteiger partial charge in [0.1, 0.15) is 6.54 Å². The Morgan fingerprint density at radius 3 is 2.44 bits per heavy atom. The van der Waals surface area contributed by atoms with E-state index in [1.54, 1.807) is 6.92 Å². The Labute approximate surface area is 110 Å². The highest BCUT2D eigenvalue weighted by Gasteiger charge is 2.30. The quantitative estimate of drug-likeness (QED) is 0.920. The van der Waals surface area contributed by atoms with Gasteiger partial charge in [0.25, 0.3) is 0 Å². The number of anilines is 1. The average molecular weight is 326 g/mol. The first-order chi connectivity index (χ1) is 8.24. The van der Waals surface area contributed by atoms with Crippen molar-refractivity contribution in [1.82, 2.24) is 0 Å². The maximum Gasteiger partial charge on any atom is 0.405 e. The normalized spacial score (nSPS) is 11.4. The van der Waals surface area contributed by atoms with Gasteiger partial charge >= 0.3 is 12.1 Å². The largest absolute Gasteiger partial charge is 0.478 e. The van der Waals surface area contributed by atoms with E-state index >= 15 is 0 Å². The summed E-state index contributed by atoms with van der Waals surface area (Å²) < 4.78 is 37.3. The lowest BCUT2D eigenvalue weighted by molar-refractivity contribution is -0.119. The molecule has 0 bridgehead atoms. The van der Waals surface area contributed by atoms with Gasteiger partial charge in [-0.3, -0.25) is 0 Å². The van der Waals surface area contributed by atoms with Gasteiger partial charge in [-0.25, -0.2) is 4.79 Å². The van der Waals surface area contributed by atoms with Crippen molar-refractivity contribution in [3.05, 3.63) is 28.2 Å². The van der Waals surface area contributed by atoms with Crippen LogP contribution in [0, 0.1) is 0 Å². The van der Waals surface area contributed by atoms with Crippen molar-refractivity contribution in [2.75, 3.05) is 18.0 Å². The first-order valence-corrected chi connectivity index (χ1v) is 5.88. The summed E-state index contributed by atoms with van der Waals surface area (Å²) in [6.07, 6.45) is -4.30. The number of carboxylic acid groups (broad SMARTS) is 1. The molecule has 0 radical (unpaired) electrons. The lowest BCUT2D eigenvalue weighted by Crippen LogP contribution is -2.34. The molecule has 0 saturated heterocycles. The summed E-state index contributed by atoms with van der Waals surface area (Å²) in [5.41, 5.74) is 0.341. The van der Waals surface area contributed by atoms with Gasteiger partial charge < -0.3 is 10.0 Å². The number of halogens is 4. The molecule has 0 spiro atoms. The molecule has 18 heavy (non-hydrogen) atoms. The summed E-state index contributed by atoms with van der Waals surface area (Å²) in [5, 5.41) is 8.82. The van der Waals surface area contributed by atoms with Gasteiger partial charge in [0.05, 0.1) is 5.56 Å². The van der Waals surface area contributed by atoms with Crippen molar-refractivity contribution in [2.45, 2.75) is 13.1 Å². The zero-order valence-corrected chi connectivity index (χ0v) is 11.0. The summed E-state index contributed by atoms with van der Waals surface area (Å²) in [7, 11) is 0. The number of hydrogen-bond acceptors (Lipinski definition) is 2. The second-order valence-electron chi connectivity index (χ2n) is 3.60. The third-order valence-corrected chi connectivity index (χ3v) is 2.96. The van der Waals surface area contributed by atoms with Crippen LogP contribution in [0.3, 0.4) is 0 Å². The Morgan fingerprint density at radius 1 is 1.44 bits per heavy atom. The van der Waals surface area contributed by atoms with Crippen molar-refractivity contribution in [3.63, 3.8) is 0 Å². The van der Waals surface area contributed by atoms with E-state index < -0.39 is 18.7 Å². The Kier molecular flexibility index (Phi) is 4.61. The molecule has 100 valence electrons. The van der Waals surface area contributed by atoms with E-state index in [-0.39, 0.29) is 16.6 Å². The van der Waals surface area contributed by atoms with Crippen LogP contribution in [0.15, 0.2) is 22.7 Å². The van der Waals surface area contributed by atoms with Crippen LogP contribution in [0.4, 0.5) is 18.9 Å². The predicted octanol–water partition coefficient (Wildman–Crippen LogP) is 3.54. The monoisotopic (exact) mass is 325 g/mol. The SMILES string of the molecule is CCN(CC(F)(F)F)c1ccc(C(=O)O)c(Br)c1. The smallest absolute Gasteiger partial charge is 0.405 e. The van der Waals surface area contributed by atoms with Gasteiger partial charge in [-0.2, -0.15) is 13.2 Å². The molecule has 0 aromatic heterocycles. The van der Waals surface area contributed by atoms with Crippen molar-refractivity contribution in [3.8, 4) is 0 Å². The molecule has 1 rings (SSSR count). The molecule has 7 heteroatoms. The van der Waals surface area contributed by atoms with Crippen LogP contribution in [0.25, 0.3) is 0 Å². The standard InChI is InChI=1S/C11H11BrF3NO2/c1-2-16(6-11(13,14)15)7-3-4-8(10(17)18)9(12)5-7/h3-5H,2,6H2,1H3,(H,17,18). The van der Waals surface area contributed by atoms with Crippen LogP contribution in [0.1, 0.15) is 17.3 Å². The van der Waals surface area contributed by atoms with Crippen LogP contribution in [0.5, 0.6) is 0 Å². The zero-order valence-electron chi connectivity index (χ0n) is 9.46. The molecule has 0 aliphatic heterocycles. The molecular weight excluding hydrogens is 315 g/mol. The van der Waals surface area contributed by atoms with Crippen LogP contribution < -0.4 is 4.90 Å². The number of benzene rings is 1. The molecule has 1 aromatic rings. The number of rotatable bonds is 4. The van der Waals surface area contributed by atoms with E-state index in [0.717, 1.165) is 4.90 Å². The molecule has 0 heterocycles.